The molecule has 1 aromatic carbocycles. The summed E-state index contributed by atoms with van der Waals surface area (Å²) in [5, 5.41) is 6.99. The number of hydrogen-bond acceptors (Lipinski definition) is 3. The number of nitrogens with zero attached hydrogens (tertiary/aromatic N) is 2. The van der Waals surface area contributed by atoms with Gasteiger partial charge in [0.15, 0.2) is 0 Å². The average Bonchev–Trinajstić information content (AvgIpc) is 3.08. The van der Waals surface area contributed by atoms with Crippen molar-refractivity contribution in [2.45, 2.75) is 51.3 Å². The minimum Gasteiger partial charge on any atom is -0.282 e. The zero-order valence-electron chi connectivity index (χ0n) is 14.8. The maximum atomic E-state index is 13.3. The van der Waals surface area contributed by atoms with Crippen LogP contribution >= 0.6 is 0 Å². The lowest BCUT2D eigenvalue weighted by Crippen LogP contribution is -2.39. The Bertz CT molecular complexity index is 815. The van der Waals surface area contributed by atoms with Crippen molar-refractivity contribution in [3.63, 3.8) is 0 Å². The predicted octanol–water partition coefficient (Wildman–Crippen LogP) is 3.21. The highest BCUT2D eigenvalue weighted by molar-refractivity contribution is 7.89. The molecule has 2 aromatic rings. The molecule has 0 radical (unpaired) electrons. The number of aryl methyl sites for hydroxylation is 2. The molecule has 1 aliphatic rings. The van der Waals surface area contributed by atoms with Crippen molar-refractivity contribution >= 4 is 10.0 Å². The average molecular weight is 347 g/mol. The van der Waals surface area contributed by atoms with Crippen LogP contribution in [0.5, 0.6) is 0 Å². The number of aromatic amines is 1. The molecule has 0 aliphatic carbocycles. The van der Waals surface area contributed by atoms with Crippen molar-refractivity contribution in [3.8, 4) is 0 Å². The van der Waals surface area contributed by atoms with Crippen LogP contribution in [0.4, 0.5) is 0 Å². The maximum absolute atomic E-state index is 13.3. The number of piperidine rings is 1. The fourth-order valence-electron chi connectivity index (χ4n) is 3.61. The Balaban J connectivity index is 1.99. The summed E-state index contributed by atoms with van der Waals surface area (Å²) in [4.78, 5) is 0.491. The van der Waals surface area contributed by atoms with Gasteiger partial charge in [0.25, 0.3) is 0 Å². The van der Waals surface area contributed by atoms with Crippen LogP contribution in [-0.4, -0.2) is 36.0 Å². The Morgan fingerprint density at radius 3 is 2.42 bits per heavy atom. The molecule has 24 heavy (non-hydrogen) atoms. The van der Waals surface area contributed by atoms with Gasteiger partial charge in [-0.25, -0.2) is 8.42 Å². The van der Waals surface area contributed by atoms with Crippen LogP contribution in [0.25, 0.3) is 0 Å². The van der Waals surface area contributed by atoms with Gasteiger partial charge in [0, 0.05) is 30.9 Å². The molecule has 2 heterocycles. The molecule has 1 fully saturated rings. The van der Waals surface area contributed by atoms with Crippen molar-refractivity contribution in [1.82, 2.24) is 14.5 Å². The Morgan fingerprint density at radius 1 is 1.17 bits per heavy atom. The Kier molecular flexibility index (Phi) is 4.53. The first-order valence-electron chi connectivity index (χ1n) is 8.39. The molecule has 0 amide bonds. The van der Waals surface area contributed by atoms with Crippen LogP contribution in [-0.2, 0) is 10.0 Å². The molecule has 1 aliphatic heterocycles. The first-order chi connectivity index (χ1) is 11.3. The van der Waals surface area contributed by atoms with Gasteiger partial charge in [-0.2, -0.15) is 9.40 Å². The molecule has 1 saturated heterocycles. The second-order valence-corrected chi connectivity index (χ2v) is 8.68. The van der Waals surface area contributed by atoms with Gasteiger partial charge in [-0.15, -0.1) is 0 Å². The number of sulfonamides is 1. The highest BCUT2D eigenvalue weighted by atomic mass is 32.2. The molecule has 1 aromatic heterocycles. The quantitative estimate of drug-likeness (QED) is 0.927. The zero-order chi connectivity index (χ0) is 17.5. The SMILES string of the molecule is Cc1cc(C)c(C)c(S(=O)(=O)N2CCC[C@H](c3ccn[nH]3)C2)c1C. The van der Waals surface area contributed by atoms with Crippen molar-refractivity contribution in [2.75, 3.05) is 13.1 Å². The summed E-state index contributed by atoms with van der Waals surface area (Å²) in [5.74, 6) is 0.183. The van der Waals surface area contributed by atoms with Gasteiger partial charge in [0.1, 0.15) is 0 Å². The largest absolute Gasteiger partial charge is 0.282 e. The van der Waals surface area contributed by atoms with Gasteiger partial charge in [0.05, 0.1) is 4.90 Å². The minimum atomic E-state index is -3.49. The molecule has 1 atom stereocenters. The van der Waals surface area contributed by atoms with E-state index in [-0.39, 0.29) is 5.92 Å². The predicted molar refractivity (Wildman–Crippen MR) is 94.7 cm³/mol. The van der Waals surface area contributed by atoms with Crippen molar-refractivity contribution in [3.05, 3.63) is 46.3 Å². The molecule has 1 N–H and O–H groups in total. The van der Waals surface area contributed by atoms with Gasteiger partial charge < -0.3 is 0 Å². The van der Waals surface area contributed by atoms with E-state index in [1.807, 2.05) is 33.8 Å². The lowest BCUT2D eigenvalue weighted by atomic mass is 9.96. The Morgan fingerprint density at radius 2 is 1.83 bits per heavy atom. The van der Waals surface area contributed by atoms with Gasteiger partial charge >= 0.3 is 0 Å². The van der Waals surface area contributed by atoms with Crippen LogP contribution < -0.4 is 0 Å². The van der Waals surface area contributed by atoms with E-state index in [4.69, 9.17) is 0 Å². The topological polar surface area (TPSA) is 66.1 Å². The number of nitrogens with one attached hydrogen (secondary N) is 1. The standard InChI is InChI=1S/C18H25N3O2S/c1-12-10-13(2)15(4)18(14(12)3)24(22,23)21-9-5-6-16(11-21)17-7-8-19-20-17/h7-8,10,16H,5-6,9,11H2,1-4H3,(H,19,20)/t16-/m0/s1. The van der Waals surface area contributed by atoms with E-state index in [1.165, 1.54) is 0 Å². The van der Waals surface area contributed by atoms with E-state index in [9.17, 15) is 8.42 Å². The summed E-state index contributed by atoms with van der Waals surface area (Å²) in [7, 11) is -3.49. The number of aromatic nitrogens is 2. The molecule has 0 spiro atoms. The molecule has 130 valence electrons. The first-order valence-corrected chi connectivity index (χ1v) is 9.83. The third-order valence-corrected chi connectivity index (χ3v) is 7.38. The van der Waals surface area contributed by atoms with Crippen molar-refractivity contribution in [1.29, 1.82) is 0 Å². The second-order valence-electron chi connectivity index (χ2n) is 6.80. The fraction of sp³-hybridized carbons (Fsp3) is 0.500. The van der Waals surface area contributed by atoms with E-state index in [0.717, 1.165) is 40.8 Å². The minimum absolute atomic E-state index is 0.183. The molecular weight excluding hydrogens is 322 g/mol. The molecule has 6 heteroatoms. The Hall–Kier alpha value is -1.66. The van der Waals surface area contributed by atoms with E-state index < -0.39 is 10.0 Å². The lowest BCUT2D eigenvalue weighted by molar-refractivity contribution is 0.312. The van der Waals surface area contributed by atoms with Crippen molar-refractivity contribution in [2.24, 2.45) is 0 Å². The highest BCUT2D eigenvalue weighted by Gasteiger charge is 2.33. The molecule has 0 bridgehead atoms. The Labute approximate surface area is 144 Å². The van der Waals surface area contributed by atoms with Gasteiger partial charge in [-0.05, 0) is 68.9 Å². The summed E-state index contributed by atoms with van der Waals surface area (Å²) in [6.45, 7) is 8.86. The molecule has 5 nitrogen and oxygen atoms in total. The zero-order valence-corrected chi connectivity index (χ0v) is 15.6. The van der Waals surface area contributed by atoms with Crippen molar-refractivity contribution < 1.29 is 8.42 Å². The molecule has 0 saturated carbocycles. The smallest absolute Gasteiger partial charge is 0.243 e. The number of H-pyrrole nitrogens is 1. The van der Waals surface area contributed by atoms with Crippen LogP contribution in [0, 0.1) is 27.7 Å². The fourth-order valence-corrected chi connectivity index (χ4v) is 5.70. The summed E-state index contributed by atoms with van der Waals surface area (Å²) in [5.41, 5.74) is 4.80. The third kappa shape index (κ3) is 2.89. The molecule has 0 unspecified atom stereocenters. The van der Waals surface area contributed by atoms with E-state index in [1.54, 1.807) is 10.5 Å². The lowest BCUT2D eigenvalue weighted by Gasteiger charge is -2.32. The van der Waals surface area contributed by atoms with Gasteiger partial charge in [0.2, 0.25) is 10.0 Å². The summed E-state index contributed by atoms with van der Waals surface area (Å²) in [6.07, 6.45) is 3.58. The summed E-state index contributed by atoms with van der Waals surface area (Å²) >= 11 is 0. The van der Waals surface area contributed by atoms with Crippen LogP contribution in [0.3, 0.4) is 0 Å². The van der Waals surface area contributed by atoms with E-state index in [0.29, 0.717) is 18.0 Å². The van der Waals surface area contributed by atoms with Crippen LogP contribution in [0.2, 0.25) is 0 Å². The number of rotatable bonds is 3. The monoisotopic (exact) mass is 347 g/mol. The molecular formula is C18H25N3O2S. The van der Waals surface area contributed by atoms with E-state index >= 15 is 0 Å². The third-order valence-electron chi connectivity index (χ3n) is 5.24. The summed E-state index contributed by atoms with van der Waals surface area (Å²) in [6, 6.07) is 4.00. The maximum Gasteiger partial charge on any atom is 0.243 e. The van der Waals surface area contributed by atoms with Crippen LogP contribution in [0.15, 0.2) is 23.2 Å². The van der Waals surface area contributed by atoms with Gasteiger partial charge in [-0.1, -0.05) is 6.07 Å². The highest BCUT2D eigenvalue weighted by Crippen LogP contribution is 2.33. The number of hydrogen-bond donors (Lipinski definition) is 1. The number of benzene rings is 1. The van der Waals surface area contributed by atoms with Gasteiger partial charge in [-0.3, -0.25) is 5.10 Å². The summed E-state index contributed by atoms with van der Waals surface area (Å²) < 4.78 is 28.3. The first kappa shape index (κ1) is 17.2. The van der Waals surface area contributed by atoms with Crippen LogP contribution in [0.1, 0.15) is 46.7 Å². The normalized spacial score (nSPS) is 19.6. The molecule has 3 rings (SSSR count). The second kappa shape index (κ2) is 6.33. The van der Waals surface area contributed by atoms with E-state index in [2.05, 4.69) is 16.3 Å².